The zero-order chi connectivity index (χ0) is 11.4. The molecule has 1 aromatic carbocycles. The number of carbonyl (C=O) groups excluding carboxylic acids is 1. The maximum atomic E-state index is 11.4. The Labute approximate surface area is 101 Å². The zero-order valence-corrected chi connectivity index (χ0v) is 10.7. The van der Waals surface area contributed by atoms with Gasteiger partial charge >= 0.3 is 5.97 Å². The van der Waals surface area contributed by atoms with Crippen molar-refractivity contribution in [2.45, 2.75) is 5.33 Å². The van der Waals surface area contributed by atoms with Crippen molar-refractivity contribution in [1.82, 2.24) is 0 Å². The molecule has 0 aliphatic rings. The molecule has 1 rings (SSSR count). The highest BCUT2D eigenvalue weighted by Crippen LogP contribution is 2.31. The molecular formula is C10H10BrClO3. The first-order valence-corrected chi connectivity index (χ1v) is 5.64. The summed E-state index contributed by atoms with van der Waals surface area (Å²) >= 11 is 9.25. The molecule has 0 atom stereocenters. The molecule has 0 aliphatic carbocycles. The third-order valence-electron chi connectivity index (χ3n) is 1.87. The lowest BCUT2D eigenvalue weighted by Gasteiger charge is -2.10. The Morgan fingerprint density at radius 1 is 1.47 bits per heavy atom. The number of benzene rings is 1. The molecule has 0 spiro atoms. The highest BCUT2D eigenvalue weighted by Gasteiger charge is 2.16. The number of methoxy groups -OCH3 is 2. The molecule has 3 nitrogen and oxygen atoms in total. The molecule has 0 saturated carbocycles. The van der Waals surface area contributed by atoms with Gasteiger partial charge in [0.25, 0.3) is 0 Å². The van der Waals surface area contributed by atoms with Crippen molar-refractivity contribution in [3.63, 3.8) is 0 Å². The van der Waals surface area contributed by atoms with E-state index in [1.807, 2.05) is 0 Å². The summed E-state index contributed by atoms with van der Waals surface area (Å²) in [6.07, 6.45) is 0. The van der Waals surface area contributed by atoms with E-state index in [1.165, 1.54) is 14.2 Å². The highest BCUT2D eigenvalue weighted by molar-refractivity contribution is 9.08. The van der Waals surface area contributed by atoms with E-state index in [-0.39, 0.29) is 0 Å². The number of halogens is 2. The fraction of sp³-hybridized carbons (Fsp3) is 0.300. The molecule has 15 heavy (non-hydrogen) atoms. The summed E-state index contributed by atoms with van der Waals surface area (Å²) in [5.41, 5.74) is 1.23. The van der Waals surface area contributed by atoms with Crippen molar-refractivity contribution >= 4 is 33.5 Å². The minimum atomic E-state index is -0.462. The van der Waals surface area contributed by atoms with Crippen LogP contribution in [0.15, 0.2) is 12.1 Å². The lowest BCUT2D eigenvalue weighted by molar-refractivity contribution is 0.0597. The lowest BCUT2D eigenvalue weighted by atomic mass is 10.1. The summed E-state index contributed by atoms with van der Waals surface area (Å²) < 4.78 is 9.69. The van der Waals surface area contributed by atoms with Crippen molar-refractivity contribution in [2.75, 3.05) is 14.2 Å². The van der Waals surface area contributed by atoms with E-state index in [4.69, 9.17) is 16.3 Å². The number of carbonyl (C=O) groups is 1. The molecule has 0 fully saturated rings. The van der Waals surface area contributed by atoms with E-state index in [1.54, 1.807) is 12.1 Å². The highest BCUT2D eigenvalue weighted by atomic mass is 79.9. The SMILES string of the molecule is COC(=O)c1cc(CBr)cc(Cl)c1OC. The molecular weight excluding hydrogens is 283 g/mol. The molecule has 0 heterocycles. The first-order chi connectivity index (χ1) is 7.13. The molecule has 0 radical (unpaired) electrons. The molecule has 0 N–H and O–H groups in total. The topological polar surface area (TPSA) is 35.5 Å². The van der Waals surface area contributed by atoms with Crippen LogP contribution in [0.4, 0.5) is 0 Å². The van der Waals surface area contributed by atoms with Gasteiger partial charge in [0.2, 0.25) is 0 Å². The van der Waals surface area contributed by atoms with E-state index in [2.05, 4.69) is 20.7 Å². The Balaban J connectivity index is 3.32. The lowest BCUT2D eigenvalue weighted by Crippen LogP contribution is -2.05. The van der Waals surface area contributed by atoms with Crippen LogP contribution in [0.3, 0.4) is 0 Å². The summed E-state index contributed by atoms with van der Waals surface area (Å²) in [7, 11) is 2.78. The molecule has 0 unspecified atom stereocenters. The maximum Gasteiger partial charge on any atom is 0.341 e. The second-order valence-corrected chi connectivity index (χ2v) is 3.75. The van der Waals surface area contributed by atoms with Gasteiger partial charge in [-0.1, -0.05) is 27.5 Å². The van der Waals surface area contributed by atoms with Crippen LogP contribution in [0.1, 0.15) is 15.9 Å². The predicted octanol–water partition coefficient (Wildman–Crippen LogP) is 3.03. The number of alkyl halides is 1. The largest absolute Gasteiger partial charge is 0.494 e. The first kappa shape index (κ1) is 12.3. The zero-order valence-electron chi connectivity index (χ0n) is 8.34. The van der Waals surface area contributed by atoms with Gasteiger partial charge in [-0.05, 0) is 17.7 Å². The number of esters is 1. The molecule has 0 aliphatic heterocycles. The minimum Gasteiger partial charge on any atom is -0.494 e. The Morgan fingerprint density at radius 2 is 2.13 bits per heavy atom. The molecule has 82 valence electrons. The summed E-state index contributed by atoms with van der Waals surface area (Å²) in [5, 5.41) is 1.01. The van der Waals surface area contributed by atoms with Crippen LogP contribution in [0.25, 0.3) is 0 Å². The quantitative estimate of drug-likeness (QED) is 0.635. The number of hydrogen-bond donors (Lipinski definition) is 0. The van der Waals surface area contributed by atoms with E-state index in [0.29, 0.717) is 21.7 Å². The number of ether oxygens (including phenoxy) is 2. The second kappa shape index (κ2) is 5.37. The average Bonchev–Trinajstić information content (AvgIpc) is 2.26. The molecule has 0 amide bonds. The monoisotopic (exact) mass is 292 g/mol. The Kier molecular flexibility index (Phi) is 4.42. The molecule has 5 heteroatoms. The molecule has 0 bridgehead atoms. The van der Waals surface area contributed by atoms with E-state index in [9.17, 15) is 4.79 Å². The Hall–Kier alpha value is -0.740. The maximum absolute atomic E-state index is 11.4. The fourth-order valence-electron chi connectivity index (χ4n) is 1.20. The predicted molar refractivity (Wildman–Crippen MR) is 62.0 cm³/mol. The van der Waals surface area contributed by atoms with Crippen molar-refractivity contribution in [1.29, 1.82) is 0 Å². The van der Waals surface area contributed by atoms with Gasteiger partial charge < -0.3 is 9.47 Å². The first-order valence-electron chi connectivity index (χ1n) is 4.14. The van der Waals surface area contributed by atoms with Crippen LogP contribution in [0.2, 0.25) is 5.02 Å². The normalized spacial score (nSPS) is 9.87. The molecule has 1 aromatic rings. The van der Waals surface area contributed by atoms with Gasteiger partial charge in [0.05, 0.1) is 19.2 Å². The number of rotatable bonds is 3. The van der Waals surface area contributed by atoms with Crippen LogP contribution in [-0.4, -0.2) is 20.2 Å². The second-order valence-electron chi connectivity index (χ2n) is 2.78. The van der Waals surface area contributed by atoms with Crippen molar-refractivity contribution < 1.29 is 14.3 Å². The van der Waals surface area contributed by atoms with Gasteiger partial charge in [0, 0.05) is 5.33 Å². The van der Waals surface area contributed by atoms with E-state index in [0.717, 1.165) is 5.56 Å². The minimum absolute atomic E-state index is 0.335. The van der Waals surface area contributed by atoms with Crippen LogP contribution in [0.5, 0.6) is 5.75 Å². The van der Waals surface area contributed by atoms with Crippen molar-refractivity contribution in [3.05, 3.63) is 28.3 Å². The third-order valence-corrected chi connectivity index (χ3v) is 2.80. The van der Waals surface area contributed by atoms with E-state index >= 15 is 0 Å². The van der Waals surface area contributed by atoms with Crippen molar-refractivity contribution in [2.24, 2.45) is 0 Å². The Morgan fingerprint density at radius 3 is 2.60 bits per heavy atom. The summed E-state index contributed by atoms with van der Waals surface area (Å²) in [6.45, 7) is 0. The summed E-state index contributed by atoms with van der Waals surface area (Å²) in [5.74, 6) is -0.121. The molecule has 0 saturated heterocycles. The van der Waals surface area contributed by atoms with Gasteiger partial charge in [0.1, 0.15) is 5.56 Å². The average molecular weight is 294 g/mol. The summed E-state index contributed by atoms with van der Waals surface area (Å²) in [6, 6.07) is 3.42. The fourth-order valence-corrected chi connectivity index (χ4v) is 1.84. The van der Waals surface area contributed by atoms with Crippen LogP contribution in [-0.2, 0) is 10.1 Å². The van der Waals surface area contributed by atoms with Crippen LogP contribution >= 0.6 is 27.5 Å². The third kappa shape index (κ3) is 2.63. The number of hydrogen-bond acceptors (Lipinski definition) is 3. The van der Waals surface area contributed by atoms with Crippen LogP contribution < -0.4 is 4.74 Å². The molecule has 0 aromatic heterocycles. The van der Waals surface area contributed by atoms with Gasteiger partial charge in [-0.2, -0.15) is 0 Å². The summed E-state index contributed by atoms with van der Waals surface area (Å²) in [4.78, 5) is 11.4. The van der Waals surface area contributed by atoms with Gasteiger partial charge in [-0.25, -0.2) is 4.79 Å². The smallest absolute Gasteiger partial charge is 0.341 e. The Bertz CT molecular complexity index is 379. The van der Waals surface area contributed by atoms with Crippen LogP contribution in [0, 0.1) is 0 Å². The van der Waals surface area contributed by atoms with E-state index < -0.39 is 5.97 Å². The van der Waals surface area contributed by atoms with Gasteiger partial charge in [0.15, 0.2) is 5.75 Å². The van der Waals surface area contributed by atoms with Gasteiger partial charge in [-0.3, -0.25) is 0 Å². The van der Waals surface area contributed by atoms with Gasteiger partial charge in [-0.15, -0.1) is 0 Å². The standard InChI is InChI=1S/C10H10BrClO3/c1-14-9-7(10(13)15-2)3-6(5-11)4-8(9)12/h3-4H,5H2,1-2H3. The van der Waals surface area contributed by atoms with Crippen molar-refractivity contribution in [3.8, 4) is 5.75 Å².